The highest BCUT2D eigenvalue weighted by atomic mass is 35.5. The molecule has 1 aliphatic heterocycles. The topological polar surface area (TPSA) is 50.8 Å². The number of nitrogens with zero attached hydrogens (tertiary/aromatic N) is 1. The van der Waals surface area contributed by atoms with Crippen LogP contribution in [0.1, 0.15) is 36.8 Å². The number of piperidine rings is 1. The number of methoxy groups -OCH3 is 2. The van der Waals surface area contributed by atoms with Crippen LogP contribution in [0.4, 0.5) is 0 Å². The number of benzene rings is 2. The summed E-state index contributed by atoms with van der Waals surface area (Å²) in [5, 5.41) is 4.37. The van der Waals surface area contributed by atoms with Crippen LogP contribution in [0.3, 0.4) is 0 Å². The fourth-order valence-electron chi connectivity index (χ4n) is 3.92. The van der Waals surface area contributed by atoms with E-state index in [4.69, 9.17) is 32.7 Å². The Hall–Kier alpha value is -1.95. The SMILES string of the molecule is COc1ccc(CCCC(=O)NC2CCN(Cc3ccc(Cl)c(Cl)c3)CC2)cc1OC. The average Bonchev–Trinajstić information content (AvgIpc) is 2.77. The molecule has 0 saturated carbocycles. The largest absolute Gasteiger partial charge is 0.493 e. The number of halogens is 2. The Bertz CT molecular complexity index is 883. The summed E-state index contributed by atoms with van der Waals surface area (Å²) in [6, 6.07) is 11.9. The van der Waals surface area contributed by atoms with Crippen molar-refractivity contribution in [1.82, 2.24) is 10.2 Å². The number of hydrogen-bond donors (Lipinski definition) is 1. The Labute approximate surface area is 194 Å². The van der Waals surface area contributed by atoms with Gasteiger partial charge in [-0.25, -0.2) is 0 Å². The Morgan fingerprint density at radius 2 is 1.71 bits per heavy atom. The van der Waals surface area contributed by atoms with Crippen molar-refractivity contribution in [1.29, 1.82) is 0 Å². The molecule has 0 aliphatic carbocycles. The van der Waals surface area contributed by atoms with Gasteiger partial charge in [0.2, 0.25) is 5.91 Å². The van der Waals surface area contributed by atoms with Crippen LogP contribution in [0.2, 0.25) is 10.0 Å². The van der Waals surface area contributed by atoms with E-state index in [0.717, 1.165) is 67.9 Å². The minimum Gasteiger partial charge on any atom is -0.493 e. The molecule has 1 heterocycles. The molecule has 3 rings (SSSR count). The molecule has 1 fully saturated rings. The minimum atomic E-state index is 0.128. The summed E-state index contributed by atoms with van der Waals surface area (Å²) >= 11 is 12.1. The molecule has 1 saturated heterocycles. The standard InChI is InChI=1S/C24H30Cl2N2O3/c1-30-22-9-7-17(15-23(22)31-2)4-3-5-24(29)27-19-10-12-28(13-11-19)16-18-6-8-20(25)21(26)14-18/h6-9,14-15,19H,3-5,10-13,16H2,1-2H3,(H,27,29). The first-order chi connectivity index (χ1) is 15.0. The number of carbonyl (C=O) groups excluding carboxylic acids is 1. The summed E-state index contributed by atoms with van der Waals surface area (Å²) < 4.78 is 10.6. The van der Waals surface area contributed by atoms with Crippen LogP contribution in [-0.4, -0.2) is 44.2 Å². The quantitative estimate of drug-likeness (QED) is 0.559. The van der Waals surface area contributed by atoms with E-state index >= 15 is 0 Å². The van der Waals surface area contributed by atoms with Crippen molar-refractivity contribution in [3.8, 4) is 11.5 Å². The van der Waals surface area contributed by atoms with Gasteiger partial charge in [0.05, 0.1) is 24.3 Å². The lowest BCUT2D eigenvalue weighted by molar-refractivity contribution is -0.122. The number of ether oxygens (including phenoxy) is 2. The molecule has 0 bridgehead atoms. The van der Waals surface area contributed by atoms with Gasteiger partial charge in [-0.2, -0.15) is 0 Å². The average molecular weight is 465 g/mol. The highest BCUT2D eigenvalue weighted by molar-refractivity contribution is 6.42. The first kappa shape index (κ1) is 23.7. The van der Waals surface area contributed by atoms with Crippen LogP contribution in [0.5, 0.6) is 11.5 Å². The van der Waals surface area contributed by atoms with Gasteiger partial charge in [0.1, 0.15) is 0 Å². The van der Waals surface area contributed by atoms with E-state index in [0.29, 0.717) is 16.5 Å². The molecular formula is C24H30Cl2N2O3. The van der Waals surface area contributed by atoms with E-state index in [-0.39, 0.29) is 11.9 Å². The van der Waals surface area contributed by atoms with Gasteiger partial charge in [-0.3, -0.25) is 9.69 Å². The van der Waals surface area contributed by atoms with Gasteiger partial charge < -0.3 is 14.8 Å². The van der Waals surface area contributed by atoms with Crippen LogP contribution in [0.15, 0.2) is 36.4 Å². The number of nitrogens with one attached hydrogen (secondary N) is 1. The Morgan fingerprint density at radius 3 is 2.39 bits per heavy atom. The Balaban J connectivity index is 1.36. The minimum absolute atomic E-state index is 0.128. The molecule has 7 heteroatoms. The smallest absolute Gasteiger partial charge is 0.220 e. The lowest BCUT2D eigenvalue weighted by Gasteiger charge is -2.32. The number of hydrogen-bond acceptors (Lipinski definition) is 4. The molecule has 31 heavy (non-hydrogen) atoms. The monoisotopic (exact) mass is 464 g/mol. The molecule has 0 unspecified atom stereocenters. The van der Waals surface area contributed by atoms with Gasteiger partial charge in [0.25, 0.3) is 0 Å². The van der Waals surface area contributed by atoms with Gasteiger partial charge in [-0.15, -0.1) is 0 Å². The van der Waals surface area contributed by atoms with Gasteiger partial charge in [-0.05, 0) is 61.1 Å². The summed E-state index contributed by atoms with van der Waals surface area (Å²) in [5.41, 5.74) is 2.30. The van der Waals surface area contributed by atoms with Gasteiger partial charge in [-0.1, -0.05) is 35.3 Å². The third-order valence-corrected chi connectivity index (χ3v) is 6.40. The van der Waals surface area contributed by atoms with Crippen molar-refractivity contribution in [2.45, 2.75) is 44.7 Å². The summed E-state index contributed by atoms with van der Waals surface area (Å²) in [5.74, 6) is 1.56. The first-order valence-electron chi connectivity index (χ1n) is 10.6. The van der Waals surface area contributed by atoms with Crippen LogP contribution in [0, 0.1) is 0 Å². The Morgan fingerprint density at radius 1 is 1.00 bits per heavy atom. The molecule has 0 atom stereocenters. The summed E-state index contributed by atoms with van der Waals surface area (Å²) in [7, 11) is 3.25. The van der Waals surface area contributed by atoms with Crippen LogP contribution < -0.4 is 14.8 Å². The number of likely N-dealkylation sites (tertiary alicyclic amines) is 1. The van der Waals surface area contributed by atoms with Gasteiger partial charge in [0.15, 0.2) is 11.5 Å². The number of aryl methyl sites for hydroxylation is 1. The number of rotatable bonds is 9. The van der Waals surface area contributed by atoms with E-state index in [1.165, 1.54) is 0 Å². The summed E-state index contributed by atoms with van der Waals surface area (Å²) in [4.78, 5) is 14.8. The summed E-state index contributed by atoms with van der Waals surface area (Å²) in [6.07, 6.45) is 4.08. The van der Waals surface area contributed by atoms with Crippen molar-refractivity contribution < 1.29 is 14.3 Å². The fraction of sp³-hybridized carbons (Fsp3) is 0.458. The Kier molecular flexibility index (Phi) is 8.88. The highest BCUT2D eigenvalue weighted by Gasteiger charge is 2.20. The second-order valence-electron chi connectivity index (χ2n) is 7.91. The van der Waals surface area contributed by atoms with Crippen molar-refractivity contribution in [2.24, 2.45) is 0 Å². The maximum absolute atomic E-state index is 12.4. The van der Waals surface area contributed by atoms with Crippen LogP contribution in [-0.2, 0) is 17.8 Å². The lowest BCUT2D eigenvalue weighted by Crippen LogP contribution is -2.44. The first-order valence-corrected chi connectivity index (χ1v) is 11.4. The third kappa shape index (κ3) is 7.03. The molecule has 168 valence electrons. The van der Waals surface area contributed by atoms with Crippen LogP contribution in [0.25, 0.3) is 0 Å². The van der Waals surface area contributed by atoms with Crippen molar-refractivity contribution in [2.75, 3.05) is 27.3 Å². The normalized spacial score (nSPS) is 15.0. The molecule has 1 aliphatic rings. The molecule has 5 nitrogen and oxygen atoms in total. The van der Waals surface area contributed by atoms with Crippen molar-refractivity contribution in [3.05, 3.63) is 57.6 Å². The molecule has 2 aromatic rings. The van der Waals surface area contributed by atoms with Crippen molar-refractivity contribution >= 4 is 29.1 Å². The zero-order valence-corrected chi connectivity index (χ0v) is 19.6. The van der Waals surface area contributed by atoms with Gasteiger partial charge >= 0.3 is 0 Å². The zero-order chi connectivity index (χ0) is 22.2. The molecule has 0 aromatic heterocycles. The zero-order valence-electron chi connectivity index (χ0n) is 18.1. The van der Waals surface area contributed by atoms with Crippen LogP contribution >= 0.6 is 23.2 Å². The fourth-order valence-corrected chi connectivity index (χ4v) is 4.24. The third-order valence-electron chi connectivity index (χ3n) is 5.66. The predicted molar refractivity (Wildman–Crippen MR) is 125 cm³/mol. The second kappa shape index (κ2) is 11.6. The maximum Gasteiger partial charge on any atom is 0.220 e. The second-order valence-corrected chi connectivity index (χ2v) is 8.72. The molecule has 0 spiro atoms. The highest BCUT2D eigenvalue weighted by Crippen LogP contribution is 2.28. The molecule has 2 aromatic carbocycles. The van der Waals surface area contributed by atoms with E-state index in [2.05, 4.69) is 10.2 Å². The molecular weight excluding hydrogens is 435 g/mol. The number of amides is 1. The molecule has 0 radical (unpaired) electrons. The van der Waals surface area contributed by atoms with Gasteiger partial charge in [0, 0.05) is 32.1 Å². The summed E-state index contributed by atoms with van der Waals surface area (Å²) in [6.45, 7) is 2.76. The van der Waals surface area contributed by atoms with E-state index < -0.39 is 0 Å². The lowest BCUT2D eigenvalue weighted by atomic mass is 10.0. The van der Waals surface area contributed by atoms with Crippen molar-refractivity contribution in [3.63, 3.8) is 0 Å². The molecule has 1 N–H and O–H groups in total. The number of carbonyl (C=O) groups is 1. The molecule has 1 amide bonds. The van der Waals surface area contributed by atoms with E-state index in [9.17, 15) is 4.79 Å². The predicted octanol–water partition coefficient (Wildman–Crippen LogP) is 5.11. The van der Waals surface area contributed by atoms with E-state index in [1.54, 1.807) is 14.2 Å². The maximum atomic E-state index is 12.4. The van der Waals surface area contributed by atoms with E-state index in [1.807, 2.05) is 36.4 Å².